The van der Waals surface area contributed by atoms with E-state index < -0.39 is 0 Å². The standard InChI is InChI=1S/C20H21Cl2N/c1-14-3-12-20(15(2)13-14)23(18-8-4-16(21)5-9-18)19-10-6-17(22)7-11-19/h3-6,8-10,12,14H,7,11,13H2,1-2H3. The van der Waals surface area contributed by atoms with Crippen molar-refractivity contribution in [1.82, 2.24) is 0 Å². The summed E-state index contributed by atoms with van der Waals surface area (Å²) in [5.74, 6) is 0.598. The third kappa shape index (κ3) is 3.73. The summed E-state index contributed by atoms with van der Waals surface area (Å²) >= 11 is 12.2. The molecule has 0 bridgehead atoms. The van der Waals surface area contributed by atoms with Gasteiger partial charge in [0, 0.05) is 27.1 Å². The molecule has 1 unspecified atom stereocenters. The Morgan fingerprint density at radius 3 is 2.39 bits per heavy atom. The molecule has 1 aromatic carbocycles. The predicted octanol–water partition coefficient (Wildman–Crippen LogP) is 6.82. The summed E-state index contributed by atoms with van der Waals surface area (Å²) < 4.78 is 0. The molecule has 1 nitrogen and oxygen atoms in total. The Bertz CT molecular complexity index is 708. The van der Waals surface area contributed by atoms with Crippen LogP contribution in [-0.2, 0) is 0 Å². The maximum atomic E-state index is 6.14. The molecular formula is C20H21Cl2N. The molecule has 3 heteroatoms. The molecule has 120 valence electrons. The zero-order chi connectivity index (χ0) is 16.4. The van der Waals surface area contributed by atoms with E-state index in [1.807, 2.05) is 18.2 Å². The van der Waals surface area contributed by atoms with Gasteiger partial charge in [0.1, 0.15) is 0 Å². The van der Waals surface area contributed by atoms with Crippen LogP contribution in [0, 0.1) is 5.92 Å². The third-order valence-corrected chi connectivity index (χ3v) is 4.90. The fourth-order valence-corrected chi connectivity index (χ4v) is 3.44. The van der Waals surface area contributed by atoms with Crippen LogP contribution in [0.5, 0.6) is 0 Å². The first kappa shape index (κ1) is 16.4. The number of rotatable bonds is 3. The van der Waals surface area contributed by atoms with Gasteiger partial charge in [-0.05, 0) is 80.2 Å². The van der Waals surface area contributed by atoms with Gasteiger partial charge in [0.15, 0.2) is 0 Å². The topological polar surface area (TPSA) is 3.24 Å². The molecule has 0 aliphatic heterocycles. The van der Waals surface area contributed by atoms with Crippen LogP contribution < -0.4 is 4.90 Å². The summed E-state index contributed by atoms with van der Waals surface area (Å²) in [4.78, 5) is 2.34. The lowest BCUT2D eigenvalue weighted by molar-refractivity contribution is 0.693. The molecule has 0 amide bonds. The predicted molar refractivity (Wildman–Crippen MR) is 101 cm³/mol. The number of benzene rings is 1. The van der Waals surface area contributed by atoms with Gasteiger partial charge < -0.3 is 4.90 Å². The molecule has 1 aromatic rings. The van der Waals surface area contributed by atoms with E-state index in [0.29, 0.717) is 5.92 Å². The number of allylic oxidation sites excluding steroid dienone is 7. The van der Waals surface area contributed by atoms with Crippen LogP contribution in [-0.4, -0.2) is 0 Å². The van der Waals surface area contributed by atoms with Gasteiger partial charge >= 0.3 is 0 Å². The van der Waals surface area contributed by atoms with E-state index in [1.54, 1.807) is 0 Å². The first-order valence-corrected chi connectivity index (χ1v) is 8.79. The molecule has 0 saturated carbocycles. The molecule has 0 aromatic heterocycles. The summed E-state index contributed by atoms with van der Waals surface area (Å²) in [6.07, 6.45) is 11.6. The molecule has 1 atom stereocenters. The largest absolute Gasteiger partial charge is 0.314 e. The van der Waals surface area contributed by atoms with Crippen molar-refractivity contribution in [2.24, 2.45) is 5.92 Å². The zero-order valence-corrected chi connectivity index (χ0v) is 15.0. The zero-order valence-electron chi connectivity index (χ0n) is 13.5. The Hall–Kier alpha value is -1.44. The van der Waals surface area contributed by atoms with Gasteiger partial charge in [-0.15, -0.1) is 0 Å². The van der Waals surface area contributed by atoms with Crippen LogP contribution in [0.25, 0.3) is 0 Å². The molecule has 0 N–H and O–H groups in total. The van der Waals surface area contributed by atoms with Gasteiger partial charge in [-0.2, -0.15) is 0 Å². The fourth-order valence-electron chi connectivity index (χ4n) is 3.16. The second kappa shape index (κ2) is 6.98. The van der Waals surface area contributed by atoms with Gasteiger partial charge in [-0.3, -0.25) is 0 Å². The minimum absolute atomic E-state index is 0.598. The smallest absolute Gasteiger partial charge is 0.0459 e. The van der Waals surface area contributed by atoms with Crippen molar-refractivity contribution in [3.8, 4) is 0 Å². The first-order chi connectivity index (χ1) is 11.0. The summed E-state index contributed by atoms with van der Waals surface area (Å²) in [5.41, 5.74) is 5.09. The number of anilines is 1. The van der Waals surface area contributed by atoms with Crippen LogP contribution in [0.2, 0.25) is 5.02 Å². The van der Waals surface area contributed by atoms with E-state index in [-0.39, 0.29) is 0 Å². The highest BCUT2D eigenvalue weighted by molar-refractivity contribution is 6.30. The van der Waals surface area contributed by atoms with Gasteiger partial charge in [0.05, 0.1) is 0 Å². The molecule has 0 radical (unpaired) electrons. The van der Waals surface area contributed by atoms with E-state index in [1.165, 1.54) is 17.0 Å². The van der Waals surface area contributed by atoms with Crippen LogP contribution in [0.15, 0.2) is 70.6 Å². The van der Waals surface area contributed by atoms with Gasteiger partial charge in [0.2, 0.25) is 0 Å². The van der Waals surface area contributed by atoms with Crippen molar-refractivity contribution in [3.63, 3.8) is 0 Å². The summed E-state index contributed by atoms with van der Waals surface area (Å²) in [6, 6.07) is 8.05. The highest BCUT2D eigenvalue weighted by Crippen LogP contribution is 2.36. The van der Waals surface area contributed by atoms with E-state index in [9.17, 15) is 0 Å². The van der Waals surface area contributed by atoms with Gasteiger partial charge in [0.25, 0.3) is 0 Å². The number of nitrogens with zero attached hydrogens (tertiary/aromatic N) is 1. The van der Waals surface area contributed by atoms with Crippen molar-refractivity contribution in [3.05, 3.63) is 75.6 Å². The highest BCUT2D eigenvalue weighted by atomic mass is 35.5. The Balaban J connectivity index is 2.06. The molecule has 0 heterocycles. The number of hydrogen-bond acceptors (Lipinski definition) is 1. The van der Waals surface area contributed by atoms with E-state index >= 15 is 0 Å². The summed E-state index contributed by atoms with van der Waals surface area (Å²) in [6.45, 7) is 4.48. The summed E-state index contributed by atoms with van der Waals surface area (Å²) in [5, 5.41) is 1.68. The highest BCUT2D eigenvalue weighted by Gasteiger charge is 2.21. The maximum Gasteiger partial charge on any atom is 0.0459 e. The summed E-state index contributed by atoms with van der Waals surface area (Å²) in [7, 11) is 0. The van der Waals surface area contributed by atoms with Crippen LogP contribution in [0.1, 0.15) is 33.1 Å². The van der Waals surface area contributed by atoms with Crippen molar-refractivity contribution in [2.45, 2.75) is 33.1 Å². The Morgan fingerprint density at radius 2 is 1.78 bits per heavy atom. The first-order valence-electron chi connectivity index (χ1n) is 8.03. The van der Waals surface area contributed by atoms with Gasteiger partial charge in [-0.25, -0.2) is 0 Å². The molecular weight excluding hydrogens is 325 g/mol. The maximum absolute atomic E-state index is 6.14. The fraction of sp³-hybridized carbons (Fsp3) is 0.300. The van der Waals surface area contributed by atoms with Crippen LogP contribution in [0.3, 0.4) is 0 Å². The Labute approximate surface area is 148 Å². The second-order valence-electron chi connectivity index (χ2n) is 6.29. The minimum Gasteiger partial charge on any atom is -0.314 e. The van der Waals surface area contributed by atoms with Crippen LogP contribution in [0.4, 0.5) is 5.69 Å². The van der Waals surface area contributed by atoms with Crippen molar-refractivity contribution in [2.75, 3.05) is 4.90 Å². The average molecular weight is 346 g/mol. The van der Waals surface area contributed by atoms with E-state index in [2.05, 4.69) is 49.1 Å². The molecule has 0 fully saturated rings. The lowest BCUT2D eigenvalue weighted by Crippen LogP contribution is -2.24. The van der Waals surface area contributed by atoms with E-state index in [0.717, 1.165) is 35.0 Å². The minimum atomic E-state index is 0.598. The SMILES string of the molecule is CC1=C(N(C2=CC=C(Cl)CC2)c2ccc(Cl)cc2)C=CC(C)C1. The van der Waals surface area contributed by atoms with Crippen molar-refractivity contribution >= 4 is 28.9 Å². The lowest BCUT2D eigenvalue weighted by Gasteiger charge is -2.33. The Morgan fingerprint density at radius 1 is 1.04 bits per heavy atom. The third-order valence-electron chi connectivity index (χ3n) is 4.34. The Kier molecular flexibility index (Phi) is 4.99. The monoisotopic (exact) mass is 345 g/mol. The molecule has 2 aliphatic carbocycles. The number of hydrogen-bond donors (Lipinski definition) is 0. The normalized spacial score (nSPS) is 21.1. The molecule has 23 heavy (non-hydrogen) atoms. The lowest BCUT2D eigenvalue weighted by atomic mass is 9.93. The molecule has 0 saturated heterocycles. The molecule has 2 aliphatic rings. The second-order valence-corrected chi connectivity index (χ2v) is 7.21. The van der Waals surface area contributed by atoms with Gasteiger partial charge in [-0.1, -0.05) is 36.2 Å². The van der Waals surface area contributed by atoms with Crippen LogP contribution >= 0.6 is 23.2 Å². The quantitative estimate of drug-likeness (QED) is 0.581. The molecule has 0 spiro atoms. The van der Waals surface area contributed by atoms with Crippen molar-refractivity contribution < 1.29 is 0 Å². The average Bonchev–Trinajstić information content (AvgIpc) is 2.53. The molecule has 3 rings (SSSR count). The van der Waals surface area contributed by atoms with E-state index in [4.69, 9.17) is 23.2 Å². The van der Waals surface area contributed by atoms with Crippen molar-refractivity contribution in [1.29, 1.82) is 0 Å². The number of halogens is 2.